The van der Waals surface area contributed by atoms with Gasteiger partial charge < -0.3 is 14.3 Å². The Morgan fingerprint density at radius 3 is 2.42 bits per heavy atom. The average molecular weight is 439 g/mol. The number of benzene rings is 1. The molecule has 2 aliphatic rings. The lowest BCUT2D eigenvalue weighted by atomic mass is 10.1. The van der Waals surface area contributed by atoms with E-state index in [9.17, 15) is 0 Å². The zero-order valence-corrected chi connectivity index (χ0v) is 18.3. The van der Waals surface area contributed by atoms with Gasteiger partial charge in [-0.3, -0.25) is 4.90 Å². The quantitative estimate of drug-likeness (QED) is 0.594. The topological polar surface area (TPSA) is 61.5 Å². The van der Waals surface area contributed by atoms with E-state index in [4.69, 9.17) is 16.1 Å². The van der Waals surface area contributed by atoms with E-state index in [1.165, 1.54) is 19.3 Å². The van der Waals surface area contributed by atoms with Crippen LogP contribution in [0.15, 0.2) is 47.1 Å². The predicted molar refractivity (Wildman–Crippen MR) is 123 cm³/mol. The Balaban J connectivity index is 1.17. The van der Waals surface area contributed by atoms with Gasteiger partial charge in [0.15, 0.2) is 0 Å². The van der Waals surface area contributed by atoms with Gasteiger partial charge in [0.2, 0.25) is 11.7 Å². The van der Waals surface area contributed by atoms with Crippen LogP contribution in [-0.2, 0) is 6.54 Å². The van der Waals surface area contributed by atoms with Crippen molar-refractivity contribution in [2.24, 2.45) is 0 Å². The third kappa shape index (κ3) is 4.67. The van der Waals surface area contributed by atoms with E-state index in [-0.39, 0.29) is 0 Å². The van der Waals surface area contributed by atoms with Crippen molar-refractivity contribution < 1.29 is 4.52 Å². The summed E-state index contributed by atoms with van der Waals surface area (Å²) in [6.45, 7) is 6.52. The number of anilines is 2. The van der Waals surface area contributed by atoms with Crippen LogP contribution >= 0.6 is 11.6 Å². The molecule has 0 amide bonds. The molecule has 0 spiro atoms. The molecule has 0 saturated carbocycles. The van der Waals surface area contributed by atoms with Gasteiger partial charge >= 0.3 is 0 Å². The lowest BCUT2D eigenvalue weighted by Crippen LogP contribution is -2.46. The van der Waals surface area contributed by atoms with Crippen molar-refractivity contribution in [2.75, 3.05) is 49.1 Å². The second-order valence-electron chi connectivity index (χ2n) is 8.18. The molecule has 2 aromatic heterocycles. The van der Waals surface area contributed by atoms with Crippen LogP contribution in [0.1, 0.15) is 25.2 Å². The van der Waals surface area contributed by atoms with E-state index in [1.807, 2.05) is 30.5 Å². The van der Waals surface area contributed by atoms with Crippen LogP contribution in [0.4, 0.5) is 11.5 Å². The van der Waals surface area contributed by atoms with E-state index in [2.05, 4.69) is 42.0 Å². The molecule has 5 rings (SSSR count). The first-order chi connectivity index (χ1) is 15.3. The van der Waals surface area contributed by atoms with E-state index in [0.29, 0.717) is 18.3 Å². The summed E-state index contributed by atoms with van der Waals surface area (Å²) in [6.07, 6.45) is 5.64. The van der Waals surface area contributed by atoms with Gasteiger partial charge in [-0.05, 0) is 43.5 Å². The molecule has 0 radical (unpaired) electrons. The first-order valence-corrected chi connectivity index (χ1v) is 11.4. The SMILES string of the molecule is Clc1ccccc1N1CCN(Cc2nc(-c3ccc(N4CCCCC4)nc3)no2)CC1. The summed E-state index contributed by atoms with van der Waals surface area (Å²) in [7, 11) is 0. The fourth-order valence-electron chi connectivity index (χ4n) is 4.31. The molecule has 0 bridgehead atoms. The summed E-state index contributed by atoms with van der Waals surface area (Å²) in [4.78, 5) is 16.2. The Morgan fingerprint density at radius 1 is 0.871 bits per heavy atom. The van der Waals surface area contributed by atoms with Gasteiger partial charge in [0.1, 0.15) is 5.82 Å². The normalized spacial score (nSPS) is 17.8. The highest BCUT2D eigenvalue weighted by molar-refractivity contribution is 6.33. The van der Waals surface area contributed by atoms with E-state index in [1.54, 1.807) is 0 Å². The summed E-state index contributed by atoms with van der Waals surface area (Å²) in [5.41, 5.74) is 1.99. The van der Waals surface area contributed by atoms with Gasteiger partial charge in [-0.2, -0.15) is 4.98 Å². The van der Waals surface area contributed by atoms with Crippen LogP contribution < -0.4 is 9.80 Å². The molecule has 162 valence electrons. The summed E-state index contributed by atoms with van der Waals surface area (Å²) in [5, 5.41) is 4.98. The molecule has 0 aliphatic carbocycles. The lowest BCUT2D eigenvalue weighted by molar-refractivity contribution is 0.215. The number of halogens is 1. The Kier molecular flexibility index (Phi) is 6.04. The maximum absolute atomic E-state index is 6.34. The molecular weight excluding hydrogens is 412 g/mol. The molecule has 2 saturated heterocycles. The highest BCUT2D eigenvalue weighted by atomic mass is 35.5. The Labute approximate surface area is 187 Å². The monoisotopic (exact) mass is 438 g/mol. The van der Waals surface area contributed by atoms with Gasteiger partial charge in [0.25, 0.3) is 0 Å². The Bertz CT molecular complexity index is 993. The van der Waals surface area contributed by atoms with Crippen LogP contribution in [-0.4, -0.2) is 59.3 Å². The largest absolute Gasteiger partial charge is 0.368 e. The first kappa shape index (κ1) is 20.3. The number of para-hydroxylation sites is 1. The third-order valence-electron chi connectivity index (χ3n) is 6.08. The number of nitrogens with zero attached hydrogens (tertiary/aromatic N) is 6. The molecule has 1 aromatic carbocycles. The Hall–Kier alpha value is -2.64. The number of aromatic nitrogens is 3. The zero-order chi connectivity index (χ0) is 21.0. The minimum atomic E-state index is 0.599. The minimum absolute atomic E-state index is 0.599. The van der Waals surface area contributed by atoms with Gasteiger partial charge in [0.05, 0.1) is 17.3 Å². The molecule has 3 aromatic rings. The highest BCUT2D eigenvalue weighted by Gasteiger charge is 2.21. The number of hydrogen-bond acceptors (Lipinski definition) is 7. The van der Waals surface area contributed by atoms with Crippen molar-refractivity contribution in [3.63, 3.8) is 0 Å². The maximum atomic E-state index is 6.34. The molecule has 0 atom stereocenters. The number of hydrogen-bond donors (Lipinski definition) is 0. The summed E-state index contributed by atoms with van der Waals surface area (Å²) in [6, 6.07) is 12.1. The van der Waals surface area contributed by atoms with Gasteiger partial charge in [-0.1, -0.05) is 28.9 Å². The van der Waals surface area contributed by atoms with E-state index in [0.717, 1.165) is 61.4 Å². The van der Waals surface area contributed by atoms with Crippen LogP contribution in [0.2, 0.25) is 5.02 Å². The van der Waals surface area contributed by atoms with Gasteiger partial charge in [0, 0.05) is 51.0 Å². The molecule has 4 heterocycles. The van der Waals surface area contributed by atoms with E-state index >= 15 is 0 Å². The van der Waals surface area contributed by atoms with Gasteiger partial charge in [-0.25, -0.2) is 4.98 Å². The van der Waals surface area contributed by atoms with Crippen molar-refractivity contribution in [3.8, 4) is 11.4 Å². The fourth-order valence-corrected chi connectivity index (χ4v) is 4.57. The molecule has 7 nitrogen and oxygen atoms in total. The second kappa shape index (κ2) is 9.24. The standard InChI is InChI=1S/C23H27ClN6O/c24-19-6-2-3-7-20(19)29-14-12-28(13-15-29)17-22-26-23(27-31-22)18-8-9-21(25-16-18)30-10-4-1-5-11-30/h2-3,6-9,16H,1,4-5,10-15,17H2. The molecule has 0 N–H and O–H groups in total. The lowest BCUT2D eigenvalue weighted by Gasteiger charge is -2.35. The van der Waals surface area contributed by atoms with Crippen molar-refractivity contribution in [1.82, 2.24) is 20.0 Å². The summed E-state index contributed by atoms with van der Waals surface area (Å²) < 4.78 is 5.52. The number of rotatable bonds is 5. The van der Waals surface area contributed by atoms with Crippen molar-refractivity contribution in [1.29, 1.82) is 0 Å². The van der Waals surface area contributed by atoms with Crippen molar-refractivity contribution in [3.05, 3.63) is 53.5 Å². The van der Waals surface area contributed by atoms with Crippen LogP contribution in [0.5, 0.6) is 0 Å². The van der Waals surface area contributed by atoms with Crippen molar-refractivity contribution in [2.45, 2.75) is 25.8 Å². The Morgan fingerprint density at radius 2 is 1.68 bits per heavy atom. The van der Waals surface area contributed by atoms with Crippen molar-refractivity contribution >= 4 is 23.1 Å². The maximum Gasteiger partial charge on any atom is 0.241 e. The molecular formula is C23H27ClN6O. The average Bonchev–Trinajstić information content (AvgIpc) is 3.29. The smallest absolute Gasteiger partial charge is 0.241 e. The number of piperazine rings is 1. The van der Waals surface area contributed by atoms with E-state index < -0.39 is 0 Å². The molecule has 31 heavy (non-hydrogen) atoms. The highest BCUT2D eigenvalue weighted by Crippen LogP contribution is 2.26. The molecule has 2 fully saturated rings. The van der Waals surface area contributed by atoms with Gasteiger partial charge in [-0.15, -0.1) is 0 Å². The number of pyridine rings is 1. The third-order valence-corrected chi connectivity index (χ3v) is 6.40. The van der Waals surface area contributed by atoms with Crippen LogP contribution in [0, 0.1) is 0 Å². The zero-order valence-electron chi connectivity index (χ0n) is 17.6. The molecule has 2 aliphatic heterocycles. The van der Waals surface area contributed by atoms with Crippen LogP contribution in [0.25, 0.3) is 11.4 Å². The second-order valence-corrected chi connectivity index (χ2v) is 8.59. The predicted octanol–water partition coefficient (Wildman–Crippen LogP) is 4.10. The summed E-state index contributed by atoms with van der Waals surface area (Å²) >= 11 is 6.34. The summed E-state index contributed by atoms with van der Waals surface area (Å²) in [5.74, 6) is 2.27. The van der Waals surface area contributed by atoms with Crippen LogP contribution in [0.3, 0.4) is 0 Å². The minimum Gasteiger partial charge on any atom is -0.368 e. The fraction of sp³-hybridized carbons (Fsp3) is 0.435. The molecule has 0 unspecified atom stereocenters. The number of piperidine rings is 1. The first-order valence-electron chi connectivity index (χ1n) is 11.0. The molecule has 8 heteroatoms.